The van der Waals surface area contributed by atoms with Gasteiger partial charge in [0.25, 0.3) is 5.91 Å². The Hall–Kier alpha value is -3.54. The molecule has 0 radical (unpaired) electrons. The summed E-state index contributed by atoms with van der Waals surface area (Å²) in [5.74, 6) is 0.787. The minimum Gasteiger partial charge on any atom is -0.339 e. The molecule has 1 atom stereocenters. The van der Waals surface area contributed by atoms with E-state index >= 15 is 0 Å². The van der Waals surface area contributed by atoms with Gasteiger partial charge < -0.3 is 9.42 Å². The van der Waals surface area contributed by atoms with Gasteiger partial charge >= 0.3 is 0 Å². The number of amides is 1. The van der Waals surface area contributed by atoms with Crippen LogP contribution in [0.3, 0.4) is 0 Å². The summed E-state index contributed by atoms with van der Waals surface area (Å²) in [7, 11) is 0. The molecule has 0 saturated carbocycles. The van der Waals surface area contributed by atoms with Crippen molar-refractivity contribution in [1.82, 2.24) is 30.0 Å². The molecule has 27 heavy (non-hydrogen) atoms. The van der Waals surface area contributed by atoms with Gasteiger partial charge in [-0.3, -0.25) is 4.79 Å². The molecule has 1 aromatic carbocycles. The third kappa shape index (κ3) is 3.42. The maximum atomic E-state index is 12.8. The van der Waals surface area contributed by atoms with Crippen molar-refractivity contribution in [3.05, 3.63) is 47.5 Å². The molecule has 1 saturated heterocycles. The number of likely N-dealkylation sites (tertiary alicyclic amines) is 1. The van der Waals surface area contributed by atoms with Crippen LogP contribution in [-0.4, -0.2) is 49.0 Å². The van der Waals surface area contributed by atoms with Gasteiger partial charge in [-0.05, 0) is 31.0 Å². The first-order chi connectivity index (χ1) is 13.1. The number of nitrogens with zero attached hydrogens (tertiary/aromatic N) is 7. The van der Waals surface area contributed by atoms with E-state index < -0.39 is 0 Å². The van der Waals surface area contributed by atoms with Gasteiger partial charge in [-0.1, -0.05) is 16.4 Å². The summed E-state index contributed by atoms with van der Waals surface area (Å²) in [5.41, 5.74) is 1.54. The first kappa shape index (κ1) is 16.9. The maximum Gasteiger partial charge on any atom is 0.253 e. The molecule has 1 aliphatic rings. The van der Waals surface area contributed by atoms with E-state index in [0.717, 1.165) is 12.8 Å². The van der Waals surface area contributed by atoms with Crippen molar-refractivity contribution < 1.29 is 9.32 Å². The molecule has 0 bridgehead atoms. The van der Waals surface area contributed by atoms with Crippen LogP contribution >= 0.6 is 0 Å². The molecule has 1 aliphatic heterocycles. The van der Waals surface area contributed by atoms with Gasteiger partial charge in [0.15, 0.2) is 5.69 Å². The first-order valence-corrected chi connectivity index (χ1v) is 8.66. The van der Waals surface area contributed by atoms with Gasteiger partial charge in [0, 0.05) is 25.6 Å². The lowest BCUT2D eigenvalue weighted by Crippen LogP contribution is -2.40. The Balaban J connectivity index is 1.50. The number of aromatic nitrogens is 5. The van der Waals surface area contributed by atoms with E-state index in [1.807, 2.05) is 0 Å². The molecule has 0 spiro atoms. The number of benzene rings is 1. The summed E-state index contributed by atoms with van der Waals surface area (Å²) >= 11 is 0. The van der Waals surface area contributed by atoms with Crippen LogP contribution in [0.15, 0.2) is 35.0 Å². The fourth-order valence-corrected chi connectivity index (χ4v) is 3.22. The Bertz CT molecular complexity index is 1020. The van der Waals surface area contributed by atoms with E-state index in [0.29, 0.717) is 41.6 Å². The van der Waals surface area contributed by atoms with Crippen LogP contribution in [0.25, 0.3) is 11.5 Å². The zero-order valence-corrected chi connectivity index (χ0v) is 14.7. The lowest BCUT2D eigenvalue weighted by molar-refractivity contribution is 0.0672. The van der Waals surface area contributed by atoms with Crippen LogP contribution in [0, 0.1) is 18.3 Å². The smallest absolute Gasteiger partial charge is 0.253 e. The lowest BCUT2D eigenvalue weighted by atomic mass is 10.0. The highest BCUT2D eigenvalue weighted by atomic mass is 16.5. The molecule has 9 heteroatoms. The SMILES string of the molecule is Cc1nc(-c2cn([C@H]3CCCN(C(=O)c4cccc(C#N)c4)C3)nn2)no1. The summed E-state index contributed by atoms with van der Waals surface area (Å²) in [4.78, 5) is 18.8. The summed E-state index contributed by atoms with van der Waals surface area (Å²) in [5, 5.41) is 21.2. The largest absolute Gasteiger partial charge is 0.339 e. The number of hydrogen-bond acceptors (Lipinski definition) is 7. The van der Waals surface area contributed by atoms with Crippen LogP contribution in [0.5, 0.6) is 0 Å². The standard InChI is InChI=1S/C18H17N7O2/c1-12-20-17(22-27-12)16-11-25(23-21-16)15-6-3-7-24(10-15)18(26)14-5-2-4-13(8-14)9-19/h2,4-5,8,11,15H,3,6-7,10H2,1H3/t15-/m0/s1. The third-order valence-corrected chi connectivity index (χ3v) is 4.56. The van der Waals surface area contributed by atoms with Crippen LogP contribution in [0.1, 0.15) is 40.7 Å². The van der Waals surface area contributed by atoms with Crippen molar-refractivity contribution in [2.45, 2.75) is 25.8 Å². The number of rotatable bonds is 3. The minimum atomic E-state index is -0.0778. The number of carbonyl (C=O) groups excluding carboxylic acids is 1. The van der Waals surface area contributed by atoms with Crippen molar-refractivity contribution in [3.63, 3.8) is 0 Å². The van der Waals surface area contributed by atoms with Gasteiger partial charge in [0.1, 0.15) is 0 Å². The summed E-state index contributed by atoms with van der Waals surface area (Å²) < 4.78 is 6.73. The molecular weight excluding hydrogens is 346 g/mol. The van der Waals surface area contributed by atoms with Gasteiger partial charge in [0.05, 0.1) is 23.9 Å². The number of piperidine rings is 1. The lowest BCUT2D eigenvalue weighted by Gasteiger charge is -2.32. The van der Waals surface area contributed by atoms with Gasteiger partial charge in [-0.15, -0.1) is 5.10 Å². The average Bonchev–Trinajstić information content (AvgIpc) is 3.36. The fourth-order valence-electron chi connectivity index (χ4n) is 3.22. The monoisotopic (exact) mass is 363 g/mol. The highest BCUT2D eigenvalue weighted by molar-refractivity contribution is 5.94. The fraction of sp³-hybridized carbons (Fsp3) is 0.333. The summed E-state index contributed by atoms with van der Waals surface area (Å²) in [6.45, 7) is 2.92. The van der Waals surface area contributed by atoms with Crippen molar-refractivity contribution in [1.29, 1.82) is 5.26 Å². The minimum absolute atomic E-state index is 0.0242. The zero-order valence-electron chi connectivity index (χ0n) is 14.7. The van der Waals surface area contributed by atoms with Crippen LogP contribution < -0.4 is 0 Å². The molecule has 3 aromatic rings. The second-order valence-corrected chi connectivity index (χ2v) is 6.46. The van der Waals surface area contributed by atoms with Crippen molar-refractivity contribution >= 4 is 5.91 Å². The van der Waals surface area contributed by atoms with Crippen LogP contribution in [0.4, 0.5) is 0 Å². The zero-order chi connectivity index (χ0) is 18.8. The number of nitriles is 1. The first-order valence-electron chi connectivity index (χ1n) is 8.66. The molecule has 2 aromatic heterocycles. The Morgan fingerprint density at radius 2 is 2.30 bits per heavy atom. The van der Waals surface area contributed by atoms with E-state index in [4.69, 9.17) is 9.78 Å². The molecule has 0 aliphatic carbocycles. The molecule has 9 nitrogen and oxygen atoms in total. The topological polar surface area (TPSA) is 114 Å². The molecule has 3 heterocycles. The number of aryl methyl sites for hydroxylation is 1. The molecule has 136 valence electrons. The summed E-state index contributed by atoms with van der Waals surface area (Å²) in [6.07, 6.45) is 3.54. The van der Waals surface area contributed by atoms with E-state index in [2.05, 4.69) is 26.5 Å². The average molecular weight is 363 g/mol. The maximum absolute atomic E-state index is 12.8. The second-order valence-electron chi connectivity index (χ2n) is 6.46. The Kier molecular flexibility index (Phi) is 4.38. The molecule has 1 amide bonds. The number of hydrogen-bond donors (Lipinski definition) is 0. The van der Waals surface area contributed by atoms with Gasteiger partial charge in [0.2, 0.25) is 11.7 Å². The second kappa shape index (κ2) is 6.99. The Morgan fingerprint density at radius 3 is 3.07 bits per heavy atom. The molecule has 4 rings (SSSR count). The normalized spacial score (nSPS) is 16.9. The third-order valence-electron chi connectivity index (χ3n) is 4.56. The molecule has 1 fully saturated rings. The highest BCUT2D eigenvalue weighted by Gasteiger charge is 2.27. The van der Waals surface area contributed by atoms with Crippen molar-refractivity contribution in [2.24, 2.45) is 0 Å². The Labute approximate surface area is 155 Å². The molecular formula is C18H17N7O2. The molecule has 0 unspecified atom stereocenters. The predicted molar refractivity (Wildman–Crippen MR) is 93.4 cm³/mol. The van der Waals surface area contributed by atoms with E-state index in [-0.39, 0.29) is 11.9 Å². The van der Waals surface area contributed by atoms with Crippen LogP contribution in [0.2, 0.25) is 0 Å². The van der Waals surface area contributed by atoms with Crippen molar-refractivity contribution in [3.8, 4) is 17.6 Å². The van der Waals surface area contributed by atoms with Gasteiger partial charge in [-0.25, -0.2) is 4.68 Å². The van der Waals surface area contributed by atoms with E-state index in [9.17, 15) is 4.79 Å². The quantitative estimate of drug-likeness (QED) is 0.699. The predicted octanol–water partition coefficient (Wildman–Crippen LogP) is 1.99. The van der Waals surface area contributed by atoms with E-state index in [1.165, 1.54) is 0 Å². The highest BCUT2D eigenvalue weighted by Crippen LogP contribution is 2.24. The van der Waals surface area contributed by atoms with Gasteiger partial charge in [-0.2, -0.15) is 10.2 Å². The van der Waals surface area contributed by atoms with Crippen LogP contribution in [-0.2, 0) is 0 Å². The summed E-state index contributed by atoms with van der Waals surface area (Å²) in [6, 6.07) is 8.86. The Morgan fingerprint density at radius 1 is 1.41 bits per heavy atom. The van der Waals surface area contributed by atoms with E-state index in [1.54, 1.807) is 47.0 Å². The van der Waals surface area contributed by atoms with Crippen molar-refractivity contribution in [2.75, 3.05) is 13.1 Å². The number of carbonyl (C=O) groups is 1. The molecule has 0 N–H and O–H groups in total.